The van der Waals surface area contributed by atoms with E-state index in [2.05, 4.69) is 57.5 Å². The largest absolute Gasteiger partial charge is 0.460 e. The lowest BCUT2D eigenvalue weighted by Gasteiger charge is -2.06. The van der Waals surface area contributed by atoms with Crippen molar-refractivity contribution in [2.24, 2.45) is 42.3 Å². The highest BCUT2D eigenvalue weighted by molar-refractivity contribution is 6.05. The van der Waals surface area contributed by atoms with Gasteiger partial charge in [0.15, 0.2) is 17.5 Å². The number of rotatable bonds is 21. The number of esters is 1. The van der Waals surface area contributed by atoms with Crippen LogP contribution in [0.15, 0.2) is 61.4 Å². The molecule has 6 aromatic rings. The van der Waals surface area contributed by atoms with E-state index in [1.54, 1.807) is 72.1 Å². The SMILES string of the molecule is CCOC(=O)c1nc(NC(=O)CCNC(=O)c2cc(NC(=O)c3nc(NC(=O)CCNC(=O)c4cc(NC(=O)c5nc(NC(=O)CCNC(=O)c6cccn6C)cn5C)cn4C)cn3C)cn2C)cn1C. The number of aryl methyl sites for hydroxylation is 6. The van der Waals surface area contributed by atoms with Crippen molar-refractivity contribution < 1.29 is 47.9 Å². The first-order valence-corrected chi connectivity index (χ1v) is 21.9. The van der Waals surface area contributed by atoms with Crippen molar-refractivity contribution >= 4 is 82.1 Å². The Hall–Kier alpha value is -9.30. The van der Waals surface area contributed by atoms with Crippen LogP contribution in [0.1, 0.15) is 89.5 Å². The molecule has 0 saturated carbocycles. The van der Waals surface area contributed by atoms with Crippen molar-refractivity contribution in [2.45, 2.75) is 26.2 Å². The predicted molar refractivity (Wildman–Crippen MR) is 254 cm³/mol. The molecule has 6 heterocycles. The summed E-state index contributed by atoms with van der Waals surface area (Å²) >= 11 is 0. The number of ether oxygens (including phenoxy) is 1. The minimum Gasteiger partial charge on any atom is -0.460 e. The zero-order valence-corrected chi connectivity index (χ0v) is 39.8. The summed E-state index contributed by atoms with van der Waals surface area (Å²) in [5, 5.41) is 21.1. The second-order valence-electron chi connectivity index (χ2n) is 15.9. The van der Waals surface area contributed by atoms with Crippen molar-refractivity contribution in [1.82, 2.24) is 58.3 Å². The van der Waals surface area contributed by atoms with E-state index in [0.717, 1.165) is 0 Å². The van der Waals surface area contributed by atoms with Crippen molar-refractivity contribution in [2.75, 3.05) is 52.8 Å². The first-order chi connectivity index (χ1) is 33.8. The van der Waals surface area contributed by atoms with Crippen LogP contribution in [0, 0.1) is 0 Å². The number of nitrogens with zero attached hydrogens (tertiary/aromatic N) is 9. The number of imidazole rings is 3. The highest BCUT2D eigenvalue weighted by atomic mass is 16.5. The van der Waals surface area contributed by atoms with Crippen molar-refractivity contribution in [1.29, 1.82) is 0 Å². The summed E-state index contributed by atoms with van der Waals surface area (Å²) in [4.78, 5) is 127. The molecule has 0 fully saturated rings. The first-order valence-electron chi connectivity index (χ1n) is 21.9. The molecular weight excluding hydrogens is 927 g/mol. The van der Waals surface area contributed by atoms with Crippen LogP contribution < -0.4 is 42.5 Å². The quantitative estimate of drug-likeness (QED) is 0.0465. The molecule has 8 N–H and O–H groups in total. The maximum Gasteiger partial charge on any atom is 0.374 e. The Morgan fingerprint density at radius 3 is 1.23 bits per heavy atom. The van der Waals surface area contributed by atoms with Crippen molar-refractivity contribution in [3.63, 3.8) is 0 Å². The molecule has 71 heavy (non-hydrogen) atoms. The van der Waals surface area contributed by atoms with Gasteiger partial charge in [-0.3, -0.25) is 38.4 Å². The number of nitrogens with one attached hydrogen (secondary N) is 8. The van der Waals surface area contributed by atoms with Crippen LogP contribution in [0.2, 0.25) is 0 Å². The second kappa shape index (κ2) is 22.7. The zero-order chi connectivity index (χ0) is 51.5. The molecule has 0 aliphatic heterocycles. The third-order valence-corrected chi connectivity index (χ3v) is 10.4. The van der Waals surface area contributed by atoms with Gasteiger partial charge in [0, 0.05) is 118 Å². The van der Waals surface area contributed by atoms with Crippen LogP contribution in [0.5, 0.6) is 0 Å². The third-order valence-electron chi connectivity index (χ3n) is 10.4. The molecule has 374 valence electrons. The van der Waals surface area contributed by atoms with E-state index in [9.17, 15) is 43.2 Å². The fraction of sp³-hybridized carbons (Fsp3) is 0.318. The number of carbonyl (C=O) groups excluding carboxylic acids is 9. The van der Waals surface area contributed by atoms with Crippen LogP contribution in [0.4, 0.5) is 28.8 Å². The minimum atomic E-state index is -0.638. The lowest BCUT2D eigenvalue weighted by molar-refractivity contribution is -0.116. The first kappa shape index (κ1) is 51.1. The Morgan fingerprint density at radius 2 is 0.845 bits per heavy atom. The molecule has 6 rings (SSSR count). The Morgan fingerprint density at radius 1 is 0.465 bits per heavy atom. The van der Waals surface area contributed by atoms with Gasteiger partial charge in [0.05, 0.1) is 18.0 Å². The van der Waals surface area contributed by atoms with Gasteiger partial charge in [0.1, 0.15) is 17.1 Å². The highest BCUT2D eigenvalue weighted by Crippen LogP contribution is 2.18. The molecule has 0 aliphatic rings. The Labute approximate surface area is 404 Å². The van der Waals surface area contributed by atoms with Gasteiger partial charge in [-0.1, -0.05) is 0 Å². The average Bonchev–Trinajstić information content (AvgIpc) is 4.17. The van der Waals surface area contributed by atoms with Crippen LogP contribution in [-0.2, 0) is 61.4 Å². The molecular formula is C44H53N17O10. The maximum absolute atomic E-state index is 13.2. The molecule has 27 nitrogen and oxygen atoms in total. The number of amides is 8. The summed E-state index contributed by atoms with van der Waals surface area (Å²) in [5.41, 5.74) is 1.37. The van der Waals surface area contributed by atoms with E-state index < -0.39 is 47.3 Å². The molecule has 0 spiro atoms. The summed E-state index contributed by atoms with van der Waals surface area (Å²) in [6.45, 7) is 1.82. The van der Waals surface area contributed by atoms with Crippen LogP contribution in [0.25, 0.3) is 0 Å². The Balaban J connectivity index is 0.906. The van der Waals surface area contributed by atoms with Crippen LogP contribution in [0.3, 0.4) is 0 Å². The molecule has 6 aromatic heterocycles. The molecule has 0 unspecified atom stereocenters. The van der Waals surface area contributed by atoms with E-state index in [4.69, 9.17) is 4.74 Å². The number of aromatic nitrogens is 9. The molecule has 0 aromatic carbocycles. The summed E-state index contributed by atoms with van der Waals surface area (Å²) in [6.07, 6.45) is 8.83. The van der Waals surface area contributed by atoms with E-state index in [1.165, 1.54) is 66.0 Å². The van der Waals surface area contributed by atoms with Crippen LogP contribution >= 0.6 is 0 Å². The number of carbonyl (C=O) groups is 9. The van der Waals surface area contributed by atoms with E-state index >= 15 is 0 Å². The average molecular weight is 980 g/mol. The number of hydrogen-bond acceptors (Lipinski definition) is 13. The second-order valence-corrected chi connectivity index (χ2v) is 15.9. The Bertz CT molecular complexity index is 3020. The third kappa shape index (κ3) is 13.2. The molecule has 8 amide bonds. The van der Waals surface area contributed by atoms with Crippen molar-refractivity contribution in [3.05, 3.63) is 96.0 Å². The molecule has 0 atom stereocenters. The molecule has 0 saturated heterocycles. The van der Waals surface area contributed by atoms with E-state index in [0.29, 0.717) is 5.69 Å². The van der Waals surface area contributed by atoms with Gasteiger partial charge in [-0.15, -0.1) is 0 Å². The Kier molecular flexibility index (Phi) is 16.3. The number of anilines is 5. The minimum absolute atomic E-state index is 0.0218. The molecule has 0 radical (unpaired) electrons. The van der Waals surface area contributed by atoms with Crippen LogP contribution in [-0.4, -0.2) is 122 Å². The summed E-state index contributed by atoms with van der Waals surface area (Å²) in [6, 6.07) is 6.27. The topological polar surface area (TPSA) is 327 Å². The maximum atomic E-state index is 13.2. The lowest BCUT2D eigenvalue weighted by Crippen LogP contribution is -2.29. The van der Waals surface area contributed by atoms with Gasteiger partial charge in [-0.05, 0) is 31.2 Å². The van der Waals surface area contributed by atoms with Gasteiger partial charge in [-0.2, -0.15) is 0 Å². The normalized spacial score (nSPS) is 10.8. The summed E-state index contributed by atoms with van der Waals surface area (Å²) < 4.78 is 13.8. The summed E-state index contributed by atoms with van der Waals surface area (Å²) in [7, 11) is 9.64. The van der Waals surface area contributed by atoms with Gasteiger partial charge < -0.3 is 74.7 Å². The molecule has 0 bridgehead atoms. The van der Waals surface area contributed by atoms with Crippen molar-refractivity contribution in [3.8, 4) is 0 Å². The zero-order valence-electron chi connectivity index (χ0n) is 39.8. The smallest absolute Gasteiger partial charge is 0.374 e. The number of hydrogen-bond donors (Lipinski definition) is 8. The highest BCUT2D eigenvalue weighted by Gasteiger charge is 2.22. The van der Waals surface area contributed by atoms with Gasteiger partial charge in [0.2, 0.25) is 35.2 Å². The fourth-order valence-corrected chi connectivity index (χ4v) is 6.93. The molecule has 0 aliphatic carbocycles. The molecule has 27 heteroatoms. The fourth-order valence-electron chi connectivity index (χ4n) is 6.93. The lowest BCUT2D eigenvalue weighted by atomic mass is 10.3. The van der Waals surface area contributed by atoms with Gasteiger partial charge in [0.25, 0.3) is 29.5 Å². The van der Waals surface area contributed by atoms with E-state index in [1.807, 2.05) is 0 Å². The van der Waals surface area contributed by atoms with Gasteiger partial charge in [-0.25, -0.2) is 19.7 Å². The van der Waals surface area contributed by atoms with Gasteiger partial charge >= 0.3 is 5.97 Å². The standard InChI is InChI=1S/C44H53N17O10/c1-8-71-44(70)38-55-32(24-61(38)7)52-35(64)13-16-47-41(67)29-19-26(21-58(29)4)49-43(69)37-54-31(23-60(37)6)51-34(63)12-15-46-40(66)28-18-25(20-57(28)3)48-42(68)36-53-30(22-59(36)5)50-33(62)11-14-45-39(65)27-10-9-17-56(27)2/h9-10,17-24H,8,11-16H2,1-7H3,(H,45,65)(H,46,66)(H,47,67)(H,48,68)(H,49,69)(H,50,62)(H,51,63)(H,52,64). The summed E-state index contributed by atoms with van der Waals surface area (Å²) in [5.74, 6) is -4.34. The predicted octanol–water partition coefficient (Wildman–Crippen LogP) is 0.860. The monoisotopic (exact) mass is 979 g/mol. The van der Waals surface area contributed by atoms with E-state index in [-0.39, 0.29) is 109 Å².